The van der Waals surface area contributed by atoms with Gasteiger partial charge in [0.15, 0.2) is 5.70 Å². The summed E-state index contributed by atoms with van der Waals surface area (Å²) in [7, 11) is 4.87. The van der Waals surface area contributed by atoms with E-state index in [0.717, 1.165) is 11.3 Å². The van der Waals surface area contributed by atoms with Crippen LogP contribution in [0.1, 0.15) is 22.5 Å². The van der Waals surface area contributed by atoms with Gasteiger partial charge in [-0.15, -0.1) is 0 Å². The number of hydrogen-bond acceptors (Lipinski definition) is 6. The summed E-state index contributed by atoms with van der Waals surface area (Å²) in [4.78, 5) is 16.5. The first-order chi connectivity index (χ1) is 12.5. The van der Waals surface area contributed by atoms with Crippen molar-refractivity contribution in [3.63, 3.8) is 0 Å². The molecule has 1 aromatic heterocycles. The quantitative estimate of drug-likeness (QED) is 0.624. The van der Waals surface area contributed by atoms with Crippen LogP contribution in [-0.4, -0.2) is 30.7 Å². The van der Waals surface area contributed by atoms with Crippen molar-refractivity contribution in [1.82, 2.24) is 4.57 Å². The number of hydrogen-bond donors (Lipinski definition) is 0. The van der Waals surface area contributed by atoms with Crippen LogP contribution < -0.4 is 9.47 Å². The molecular weight excluding hydrogens is 334 g/mol. The molecule has 0 unspecified atom stereocenters. The zero-order chi connectivity index (χ0) is 18.8. The van der Waals surface area contributed by atoms with Gasteiger partial charge in [0.25, 0.3) is 0 Å². The normalized spacial score (nSPS) is 14.8. The van der Waals surface area contributed by atoms with Gasteiger partial charge in [-0.2, -0.15) is 5.26 Å². The van der Waals surface area contributed by atoms with Crippen molar-refractivity contribution in [2.45, 2.75) is 6.92 Å². The van der Waals surface area contributed by atoms with E-state index in [1.807, 2.05) is 6.92 Å². The first-order valence-electron chi connectivity index (χ1n) is 7.79. The number of aliphatic imine (C=N–C) groups is 1. The fourth-order valence-corrected chi connectivity index (χ4v) is 2.59. The van der Waals surface area contributed by atoms with Crippen LogP contribution in [0.5, 0.6) is 11.5 Å². The summed E-state index contributed by atoms with van der Waals surface area (Å²) in [6.45, 7) is 1.87. The highest BCUT2D eigenvalue weighted by molar-refractivity contribution is 6.13. The largest absolute Gasteiger partial charge is 0.497 e. The molecule has 1 aliphatic rings. The zero-order valence-electron chi connectivity index (χ0n) is 14.9. The van der Waals surface area contributed by atoms with E-state index in [2.05, 4.69) is 11.1 Å². The van der Waals surface area contributed by atoms with E-state index in [-0.39, 0.29) is 11.6 Å². The number of nitrogens with zero attached hydrogens (tertiary/aromatic N) is 3. The fraction of sp³-hybridized carbons (Fsp3) is 0.211. The van der Waals surface area contributed by atoms with E-state index in [4.69, 9.17) is 19.5 Å². The Balaban J connectivity index is 2.01. The van der Waals surface area contributed by atoms with Gasteiger partial charge in [0.05, 0.1) is 14.2 Å². The summed E-state index contributed by atoms with van der Waals surface area (Å²) in [5, 5.41) is 9.12. The Hall–Kier alpha value is -3.53. The number of carbonyl (C=O) groups excluding carboxylic acids is 1. The summed E-state index contributed by atoms with van der Waals surface area (Å²) in [6.07, 6.45) is 1.61. The molecule has 0 N–H and O–H groups in total. The summed E-state index contributed by atoms with van der Waals surface area (Å²) >= 11 is 0. The summed E-state index contributed by atoms with van der Waals surface area (Å²) in [6, 6.07) is 8.94. The lowest BCUT2D eigenvalue weighted by atomic mass is 10.2. The van der Waals surface area contributed by atoms with Crippen LogP contribution >= 0.6 is 0 Å². The van der Waals surface area contributed by atoms with E-state index >= 15 is 0 Å². The third-order valence-corrected chi connectivity index (χ3v) is 4.20. The Morgan fingerprint density at radius 3 is 2.38 bits per heavy atom. The SMILES string of the molecule is COc1cc(OC)cc(C2=N/C(=C\c3cc(C#N)n(C)c3C)C(=O)O2)c1. The highest BCUT2D eigenvalue weighted by Gasteiger charge is 2.25. The average Bonchev–Trinajstić information content (AvgIpc) is 3.16. The van der Waals surface area contributed by atoms with Crippen LogP contribution in [0.25, 0.3) is 6.08 Å². The van der Waals surface area contributed by atoms with E-state index in [9.17, 15) is 4.79 Å². The number of esters is 1. The Kier molecular flexibility index (Phi) is 4.50. The van der Waals surface area contributed by atoms with Gasteiger partial charge < -0.3 is 18.8 Å². The molecule has 0 saturated carbocycles. The molecule has 0 spiro atoms. The van der Waals surface area contributed by atoms with Crippen LogP contribution in [0.3, 0.4) is 0 Å². The third kappa shape index (κ3) is 3.05. The predicted molar refractivity (Wildman–Crippen MR) is 95.0 cm³/mol. The minimum atomic E-state index is -0.552. The summed E-state index contributed by atoms with van der Waals surface area (Å²) < 4.78 is 17.5. The smallest absolute Gasteiger partial charge is 0.363 e. The third-order valence-electron chi connectivity index (χ3n) is 4.20. The van der Waals surface area contributed by atoms with Crippen molar-refractivity contribution in [3.8, 4) is 17.6 Å². The fourth-order valence-electron chi connectivity index (χ4n) is 2.59. The average molecular weight is 351 g/mol. The van der Waals surface area contributed by atoms with Crippen molar-refractivity contribution < 1.29 is 19.0 Å². The number of ether oxygens (including phenoxy) is 3. The molecule has 132 valence electrons. The second kappa shape index (κ2) is 6.76. The number of carbonyl (C=O) groups is 1. The molecule has 7 nitrogen and oxygen atoms in total. The van der Waals surface area contributed by atoms with E-state index in [0.29, 0.717) is 22.8 Å². The minimum absolute atomic E-state index is 0.167. The number of methoxy groups -OCH3 is 2. The standard InChI is InChI=1S/C19H17N3O4/c1-11-12(5-14(10-20)22(11)2)8-17-19(23)26-18(21-17)13-6-15(24-3)9-16(7-13)25-4/h5-9H,1-4H3/b17-8-. The molecule has 26 heavy (non-hydrogen) atoms. The van der Waals surface area contributed by atoms with Crippen LogP contribution in [0, 0.1) is 18.3 Å². The van der Waals surface area contributed by atoms with Gasteiger partial charge in [0.1, 0.15) is 23.3 Å². The van der Waals surface area contributed by atoms with Crippen LogP contribution in [0.2, 0.25) is 0 Å². The van der Waals surface area contributed by atoms with Crippen LogP contribution in [-0.2, 0) is 16.6 Å². The van der Waals surface area contributed by atoms with E-state index < -0.39 is 5.97 Å². The first-order valence-corrected chi connectivity index (χ1v) is 7.79. The van der Waals surface area contributed by atoms with Crippen molar-refractivity contribution in [3.05, 3.63) is 52.5 Å². The summed E-state index contributed by atoms with van der Waals surface area (Å²) in [5.41, 5.74) is 2.83. The Bertz CT molecular complexity index is 971. The molecule has 0 fully saturated rings. The van der Waals surface area contributed by atoms with Gasteiger partial charge in [0, 0.05) is 24.4 Å². The van der Waals surface area contributed by atoms with Gasteiger partial charge in [-0.05, 0) is 36.8 Å². The highest BCUT2D eigenvalue weighted by Crippen LogP contribution is 2.27. The molecule has 0 saturated heterocycles. The maximum absolute atomic E-state index is 12.2. The summed E-state index contributed by atoms with van der Waals surface area (Å²) in [5.74, 6) is 0.747. The molecular formula is C19H17N3O4. The molecule has 7 heteroatoms. The Labute approximate surface area is 150 Å². The molecule has 0 bridgehead atoms. The minimum Gasteiger partial charge on any atom is -0.497 e. The molecule has 2 heterocycles. The van der Waals surface area contributed by atoms with Gasteiger partial charge in [0.2, 0.25) is 5.90 Å². The van der Waals surface area contributed by atoms with Crippen molar-refractivity contribution in [2.75, 3.05) is 14.2 Å². The number of rotatable bonds is 4. The van der Waals surface area contributed by atoms with Crippen molar-refractivity contribution in [2.24, 2.45) is 12.0 Å². The lowest BCUT2D eigenvalue weighted by Crippen LogP contribution is -2.06. The molecule has 0 atom stereocenters. The first kappa shape index (κ1) is 17.3. The van der Waals surface area contributed by atoms with Crippen LogP contribution in [0.4, 0.5) is 0 Å². The molecule has 0 aliphatic carbocycles. The topological polar surface area (TPSA) is 85.8 Å². The Morgan fingerprint density at radius 1 is 1.19 bits per heavy atom. The number of benzene rings is 1. The Morgan fingerprint density at radius 2 is 1.85 bits per heavy atom. The van der Waals surface area contributed by atoms with Crippen molar-refractivity contribution >= 4 is 17.9 Å². The van der Waals surface area contributed by atoms with Gasteiger partial charge >= 0.3 is 5.97 Å². The van der Waals surface area contributed by atoms with Crippen LogP contribution in [0.15, 0.2) is 35.0 Å². The second-order valence-electron chi connectivity index (χ2n) is 5.68. The number of nitriles is 1. The highest BCUT2D eigenvalue weighted by atomic mass is 16.6. The monoisotopic (exact) mass is 351 g/mol. The maximum atomic E-state index is 12.2. The second-order valence-corrected chi connectivity index (χ2v) is 5.68. The van der Waals surface area contributed by atoms with E-state index in [1.54, 1.807) is 42.0 Å². The number of aromatic nitrogens is 1. The molecule has 0 radical (unpaired) electrons. The zero-order valence-corrected chi connectivity index (χ0v) is 14.9. The van der Waals surface area contributed by atoms with Gasteiger partial charge in [-0.3, -0.25) is 0 Å². The predicted octanol–water partition coefficient (Wildman–Crippen LogP) is 2.57. The van der Waals surface area contributed by atoms with Crippen molar-refractivity contribution in [1.29, 1.82) is 5.26 Å². The molecule has 1 aromatic carbocycles. The lowest BCUT2D eigenvalue weighted by Gasteiger charge is -2.07. The molecule has 1 aliphatic heterocycles. The molecule has 0 amide bonds. The number of cyclic esters (lactones) is 1. The molecule has 3 rings (SSSR count). The maximum Gasteiger partial charge on any atom is 0.363 e. The molecule has 2 aromatic rings. The van der Waals surface area contributed by atoms with Gasteiger partial charge in [-0.25, -0.2) is 9.79 Å². The lowest BCUT2D eigenvalue weighted by molar-refractivity contribution is -0.129. The van der Waals surface area contributed by atoms with E-state index in [1.165, 1.54) is 14.2 Å². The van der Waals surface area contributed by atoms with Gasteiger partial charge in [-0.1, -0.05) is 0 Å².